The van der Waals surface area contributed by atoms with Crippen molar-refractivity contribution >= 4 is 11.8 Å². The minimum Gasteiger partial charge on any atom is -0.316 e. The average Bonchev–Trinajstić information content (AvgIpc) is 2.87. The molecule has 0 saturated heterocycles. The fourth-order valence-electron chi connectivity index (χ4n) is 1.96. The lowest BCUT2D eigenvalue weighted by Crippen LogP contribution is -2.21. The summed E-state index contributed by atoms with van der Waals surface area (Å²) in [5, 5.41) is 3.55. The molecule has 0 radical (unpaired) electrons. The zero-order valence-electron chi connectivity index (χ0n) is 10.2. The fourth-order valence-corrected chi connectivity index (χ4v) is 2.79. The maximum absolute atomic E-state index is 3.55. The van der Waals surface area contributed by atoms with Gasteiger partial charge in [0, 0.05) is 17.2 Å². The molecule has 1 aromatic carbocycles. The molecule has 2 heteroatoms. The molecule has 1 saturated carbocycles. The van der Waals surface area contributed by atoms with Gasteiger partial charge < -0.3 is 5.32 Å². The van der Waals surface area contributed by atoms with Crippen molar-refractivity contribution in [3.63, 3.8) is 0 Å². The zero-order chi connectivity index (χ0) is 11.4. The number of benzene rings is 1. The molecule has 1 aliphatic rings. The highest BCUT2D eigenvalue weighted by molar-refractivity contribution is 7.99. The van der Waals surface area contributed by atoms with Crippen molar-refractivity contribution in [1.82, 2.24) is 5.32 Å². The highest BCUT2D eigenvalue weighted by Gasteiger charge is 2.44. The number of thioether (sulfide) groups is 1. The van der Waals surface area contributed by atoms with Gasteiger partial charge >= 0.3 is 0 Å². The van der Waals surface area contributed by atoms with Gasteiger partial charge in [0.15, 0.2) is 0 Å². The topological polar surface area (TPSA) is 12.0 Å². The molecular formula is C14H21NS. The Morgan fingerprint density at radius 1 is 1.31 bits per heavy atom. The maximum atomic E-state index is 3.55. The summed E-state index contributed by atoms with van der Waals surface area (Å²) < 4.78 is 0. The van der Waals surface area contributed by atoms with Crippen LogP contribution in [0.4, 0.5) is 0 Å². The normalized spacial score (nSPS) is 22.0. The van der Waals surface area contributed by atoms with Crippen LogP contribution in [0.2, 0.25) is 0 Å². The van der Waals surface area contributed by atoms with Crippen LogP contribution in [-0.4, -0.2) is 18.8 Å². The van der Waals surface area contributed by atoms with Crippen molar-refractivity contribution in [2.24, 2.45) is 11.3 Å². The van der Waals surface area contributed by atoms with Gasteiger partial charge in [0.2, 0.25) is 0 Å². The molecule has 88 valence electrons. The highest BCUT2D eigenvalue weighted by Crippen LogP contribution is 2.50. The van der Waals surface area contributed by atoms with Gasteiger partial charge in [-0.3, -0.25) is 0 Å². The molecule has 0 aromatic heterocycles. The summed E-state index contributed by atoms with van der Waals surface area (Å²) in [4.78, 5) is 1.37. The molecule has 1 N–H and O–H groups in total. The van der Waals surface area contributed by atoms with E-state index in [1.54, 1.807) is 0 Å². The van der Waals surface area contributed by atoms with Gasteiger partial charge in [-0.05, 0) is 36.4 Å². The molecule has 16 heavy (non-hydrogen) atoms. The molecule has 1 aliphatic carbocycles. The summed E-state index contributed by atoms with van der Waals surface area (Å²) in [6, 6.07) is 10.6. The van der Waals surface area contributed by atoms with E-state index in [1.807, 2.05) is 11.8 Å². The van der Waals surface area contributed by atoms with Gasteiger partial charge in [-0.2, -0.15) is 0 Å². The Morgan fingerprint density at radius 3 is 2.62 bits per heavy atom. The van der Waals surface area contributed by atoms with Crippen LogP contribution in [0.1, 0.15) is 20.3 Å². The number of hydrogen-bond donors (Lipinski definition) is 1. The SMILES string of the molecule is CC1(C)CC1CNCCSc1ccccc1. The summed E-state index contributed by atoms with van der Waals surface area (Å²) >= 11 is 1.93. The Morgan fingerprint density at radius 2 is 2.00 bits per heavy atom. The van der Waals surface area contributed by atoms with Crippen molar-refractivity contribution in [1.29, 1.82) is 0 Å². The lowest BCUT2D eigenvalue weighted by Gasteiger charge is -2.06. The van der Waals surface area contributed by atoms with E-state index in [0.717, 1.165) is 18.2 Å². The van der Waals surface area contributed by atoms with Gasteiger partial charge in [-0.15, -0.1) is 11.8 Å². The predicted octanol–water partition coefficient (Wildman–Crippen LogP) is 3.41. The van der Waals surface area contributed by atoms with Gasteiger partial charge in [-0.25, -0.2) is 0 Å². The molecule has 1 atom stereocenters. The molecule has 0 aliphatic heterocycles. The van der Waals surface area contributed by atoms with E-state index in [0.29, 0.717) is 5.41 Å². The Bertz CT molecular complexity index is 321. The largest absolute Gasteiger partial charge is 0.316 e. The van der Waals surface area contributed by atoms with Crippen LogP contribution in [-0.2, 0) is 0 Å². The van der Waals surface area contributed by atoms with E-state index < -0.39 is 0 Å². The Balaban J connectivity index is 1.53. The Labute approximate surface area is 103 Å². The van der Waals surface area contributed by atoms with Crippen LogP contribution in [0.5, 0.6) is 0 Å². The van der Waals surface area contributed by atoms with Gasteiger partial charge in [0.1, 0.15) is 0 Å². The van der Waals surface area contributed by atoms with E-state index in [1.165, 1.54) is 17.9 Å². The third kappa shape index (κ3) is 3.53. The first-order valence-electron chi connectivity index (χ1n) is 6.07. The van der Waals surface area contributed by atoms with E-state index in [2.05, 4.69) is 49.5 Å². The summed E-state index contributed by atoms with van der Waals surface area (Å²) in [5.41, 5.74) is 0.611. The zero-order valence-corrected chi connectivity index (χ0v) is 11.0. The van der Waals surface area contributed by atoms with E-state index in [-0.39, 0.29) is 0 Å². The fraction of sp³-hybridized carbons (Fsp3) is 0.571. The molecular weight excluding hydrogens is 214 g/mol. The van der Waals surface area contributed by atoms with E-state index in [4.69, 9.17) is 0 Å². The van der Waals surface area contributed by atoms with Crippen molar-refractivity contribution < 1.29 is 0 Å². The van der Waals surface area contributed by atoms with E-state index in [9.17, 15) is 0 Å². The van der Waals surface area contributed by atoms with Gasteiger partial charge in [0.25, 0.3) is 0 Å². The second-order valence-corrected chi connectivity index (χ2v) is 6.42. The lowest BCUT2D eigenvalue weighted by atomic mass is 10.1. The Kier molecular flexibility index (Phi) is 3.93. The summed E-state index contributed by atoms with van der Waals surface area (Å²) in [6.45, 7) is 7.03. The van der Waals surface area contributed by atoms with Crippen LogP contribution >= 0.6 is 11.8 Å². The standard InChI is InChI=1S/C14H21NS/c1-14(2)10-12(14)11-15-8-9-16-13-6-4-3-5-7-13/h3-7,12,15H,8-11H2,1-2H3. The molecule has 0 spiro atoms. The van der Waals surface area contributed by atoms with Gasteiger partial charge in [0.05, 0.1) is 0 Å². The van der Waals surface area contributed by atoms with Crippen LogP contribution in [0.3, 0.4) is 0 Å². The van der Waals surface area contributed by atoms with E-state index >= 15 is 0 Å². The molecule has 0 bridgehead atoms. The molecule has 1 unspecified atom stereocenters. The van der Waals surface area contributed by atoms with Crippen molar-refractivity contribution in [2.45, 2.75) is 25.2 Å². The van der Waals surface area contributed by atoms with Gasteiger partial charge in [-0.1, -0.05) is 32.0 Å². The first kappa shape index (κ1) is 12.0. The molecule has 0 amide bonds. The first-order chi connectivity index (χ1) is 7.68. The Hall–Kier alpha value is -0.470. The second-order valence-electron chi connectivity index (χ2n) is 5.26. The molecule has 1 fully saturated rings. The van der Waals surface area contributed by atoms with Crippen LogP contribution in [0, 0.1) is 11.3 Å². The van der Waals surface area contributed by atoms with Crippen LogP contribution in [0.25, 0.3) is 0 Å². The molecule has 1 aromatic rings. The molecule has 0 heterocycles. The minimum atomic E-state index is 0.611. The first-order valence-corrected chi connectivity index (χ1v) is 7.05. The predicted molar refractivity (Wildman–Crippen MR) is 71.9 cm³/mol. The molecule has 1 nitrogen and oxygen atoms in total. The third-order valence-corrected chi connectivity index (χ3v) is 4.41. The number of nitrogens with one attached hydrogen (secondary N) is 1. The minimum absolute atomic E-state index is 0.611. The quantitative estimate of drug-likeness (QED) is 0.599. The number of rotatable bonds is 6. The summed E-state index contributed by atoms with van der Waals surface area (Å²) in [7, 11) is 0. The van der Waals surface area contributed by atoms with Crippen molar-refractivity contribution in [3.8, 4) is 0 Å². The van der Waals surface area contributed by atoms with Crippen LogP contribution < -0.4 is 5.32 Å². The summed E-state index contributed by atoms with van der Waals surface area (Å²) in [6.07, 6.45) is 1.39. The van der Waals surface area contributed by atoms with Crippen LogP contribution in [0.15, 0.2) is 35.2 Å². The monoisotopic (exact) mass is 235 g/mol. The highest BCUT2D eigenvalue weighted by atomic mass is 32.2. The summed E-state index contributed by atoms with van der Waals surface area (Å²) in [5.74, 6) is 2.08. The molecule has 2 rings (SSSR count). The maximum Gasteiger partial charge on any atom is 0.0106 e. The number of hydrogen-bond acceptors (Lipinski definition) is 2. The van der Waals surface area contributed by atoms with Crippen molar-refractivity contribution in [3.05, 3.63) is 30.3 Å². The smallest absolute Gasteiger partial charge is 0.0106 e. The average molecular weight is 235 g/mol. The third-order valence-electron chi connectivity index (χ3n) is 3.40. The lowest BCUT2D eigenvalue weighted by molar-refractivity contribution is 0.528. The van der Waals surface area contributed by atoms with Crippen molar-refractivity contribution in [2.75, 3.05) is 18.8 Å². The second kappa shape index (κ2) is 5.24.